The number of benzene rings is 1. The van der Waals surface area contributed by atoms with Crippen LogP contribution in [0.3, 0.4) is 0 Å². The summed E-state index contributed by atoms with van der Waals surface area (Å²) in [5, 5.41) is 25.0. The second kappa shape index (κ2) is 7.41. The average molecular weight is 321 g/mol. The van der Waals surface area contributed by atoms with Crippen molar-refractivity contribution in [2.45, 2.75) is 39.2 Å². The summed E-state index contributed by atoms with van der Waals surface area (Å²) >= 11 is 0. The first kappa shape index (κ1) is 16.4. The zero-order valence-corrected chi connectivity index (χ0v) is 14.3. The topological polar surface area (TPSA) is 73.6 Å². The fraction of sp³-hybridized carbons (Fsp3) is 0.421. The SMILES string of the molecule is CCc1nnc(NCC2NCCc3ccccc32)c(C#N)c1CC. The summed E-state index contributed by atoms with van der Waals surface area (Å²) in [6, 6.07) is 11.1. The van der Waals surface area contributed by atoms with Gasteiger partial charge in [0.25, 0.3) is 0 Å². The number of nitrogens with one attached hydrogen (secondary N) is 2. The van der Waals surface area contributed by atoms with Crippen LogP contribution < -0.4 is 10.6 Å². The molecule has 1 aliphatic heterocycles. The van der Waals surface area contributed by atoms with Gasteiger partial charge in [-0.3, -0.25) is 0 Å². The van der Waals surface area contributed by atoms with Gasteiger partial charge in [0.05, 0.1) is 5.69 Å². The van der Waals surface area contributed by atoms with Gasteiger partial charge < -0.3 is 10.6 Å². The van der Waals surface area contributed by atoms with Crippen LogP contribution in [0.15, 0.2) is 24.3 Å². The van der Waals surface area contributed by atoms with Crippen LogP contribution in [0.25, 0.3) is 0 Å². The van der Waals surface area contributed by atoms with Crippen LogP contribution >= 0.6 is 0 Å². The van der Waals surface area contributed by atoms with Gasteiger partial charge in [-0.05, 0) is 42.5 Å². The van der Waals surface area contributed by atoms with Crippen molar-refractivity contribution in [3.05, 3.63) is 52.2 Å². The highest BCUT2D eigenvalue weighted by molar-refractivity contribution is 5.56. The zero-order chi connectivity index (χ0) is 16.9. The average Bonchev–Trinajstić information content (AvgIpc) is 2.65. The Kier molecular flexibility index (Phi) is 5.07. The molecule has 1 atom stereocenters. The van der Waals surface area contributed by atoms with Gasteiger partial charge in [0.2, 0.25) is 0 Å². The Morgan fingerprint density at radius 2 is 2.08 bits per heavy atom. The van der Waals surface area contributed by atoms with E-state index in [1.54, 1.807) is 0 Å². The van der Waals surface area contributed by atoms with Gasteiger partial charge in [0.1, 0.15) is 11.6 Å². The maximum Gasteiger partial charge on any atom is 0.167 e. The minimum absolute atomic E-state index is 0.222. The Morgan fingerprint density at radius 3 is 2.83 bits per heavy atom. The lowest BCUT2D eigenvalue weighted by molar-refractivity contribution is 0.522. The van der Waals surface area contributed by atoms with Gasteiger partial charge in [-0.15, -0.1) is 5.10 Å². The molecule has 0 aliphatic carbocycles. The molecule has 2 heterocycles. The maximum absolute atomic E-state index is 9.57. The molecule has 0 spiro atoms. The van der Waals surface area contributed by atoms with E-state index in [4.69, 9.17) is 0 Å². The van der Waals surface area contributed by atoms with E-state index in [9.17, 15) is 5.26 Å². The number of nitrogens with zero attached hydrogens (tertiary/aromatic N) is 3. The summed E-state index contributed by atoms with van der Waals surface area (Å²) in [6.45, 7) is 5.75. The highest BCUT2D eigenvalue weighted by atomic mass is 15.2. The van der Waals surface area contributed by atoms with E-state index in [0.717, 1.165) is 37.1 Å². The summed E-state index contributed by atoms with van der Waals surface area (Å²) in [4.78, 5) is 0. The van der Waals surface area contributed by atoms with E-state index in [1.165, 1.54) is 11.1 Å². The number of anilines is 1. The van der Waals surface area contributed by atoms with Gasteiger partial charge in [-0.1, -0.05) is 38.1 Å². The Bertz CT molecular complexity index is 763. The third-order valence-corrected chi connectivity index (χ3v) is 4.65. The lowest BCUT2D eigenvalue weighted by Gasteiger charge is -2.27. The highest BCUT2D eigenvalue weighted by Gasteiger charge is 2.20. The molecule has 0 bridgehead atoms. The number of rotatable bonds is 5. The number of fused-ring (bicyclic) bond motifs is 1. The maximum atomic E-state index is 9.57. The third kappa shape index (κ3) is 3.10. The molecular weight excluding hydrogens is 298 g/mol. The van der Waals surface area contributed by atoms with Crippen molar-refractivity contribution < 1.29 is 0 Å². The Hall–Kier alpha value is -2.45. The molecule has 0 saturated carbocycles. The smallest absolute Gasteiger partial charge is 0.167 e. The number of nitriles is 1. The van der Waals surface area contributed by atoms with Crippen molar-refractivity contribution in [2.24, 2.45) is 0 Å². The predicted molar refractivity (Wildman–Crippen MR) is 94.9 cm³/mol. The van der Waals surface area contributed by atoms with Crippen LogP contribution in [0, 0.1) is 11.3 Å². The lowest BCUT2D eigenvalue weighted by atomic mass is 9.94. The third-order valence-electron chi connectivity index (χ3n) is 4.65. The fourth-order valence-electron chi connectivity index (χ4n) is 3.39. The van der Waals surface area contributed by atoms with Crippen molar-refractivity contribution in [1.82, 2.24) is 15.5 Å². The van der Waals surface area contributed by atoms with E-state index in [0.29, 0.717) is 17.9 Å². The standard InChI is InChI=1S/C19H23N5/c1-3-14-16(11-20)19(24-23-17(14)4-2)22-12-18-15-8-6-5-7-13(15)9-10-21-18/h5-8,18,21H,3-4,9-10,12H2,1-2H3,(H,22,24). The molecule has 0 fully saturated rings. The first-order chi connectivity index (χ1) is 11.8. The molecule has 0 saturated heterocycles. The monoisotopic (exact) mass is 321 g/mol. The van der Waals surface area contributed by atoms with E-state index >= 15 is 0 Å². The van der Waals surface area contributed by atoms with E-state index < -0.39 is 0 Å². The predicted octanol–water partition coefficient (Wildman–Crippen LogP) is 2.77. The molecule has 2 N–H and O–H groups in total. The summed E-state index contributed by atoms with van der Waals surface area (Å²) in [6.07, 6.45) is 2.64. The summed E-state index contributed by atoms with van der Waals surface area (Å²) < 4.78 is 0. The normalized spacial score (nSPS) is 16.3. The van der Waals surface area contributed by atoms with Gasteiger partial charge in [-0.25, -0.2) is 0 Å². The van der Waals surface area contributed by atoms with Gasteiger partial charge in [0, 0.05) is 12.6 Å². The molecule has 1 aromatic carbocycles. The van der Waals surface area contributed by atoms with Crippen LogP contribution in [0.2, 0.25) is 0 Å². The molecule has 1 unspecified atom stereocenters. The summed E-state index contributed by atoms with van der Waals surface area (Å²) in [5.41, 5.74) is 5.28. The molecule has 3 rings (SSSR count). The fourth-order valence-corrected chi connectivity index (χ4v) is 3.39. The largest absolute Gasteiger partial charge is 0.366 e. The molecule has 0 radical (unpaired) electrons. The van der Waals surface area contributed by atoms with Gasteiger partial charge in [-0.2, -0.15) is 10.4 Å². The van der Waals surface area contributed by atoms with Crippen molar-refractivity contribution in [1.29, 1.82) is 5.26 Å². The van der Waals surface area contributed by atoms with Crippen molar-refractivity contribution in [3.8, 4) is 6.07 Å². The number of hydrogen-bond donors (Lipinski definition) is 2. The molecule has 5 nitrogen and oxygen atoms in total. The molecule has 0 amide bonds. The lowest BCUT2D eigenvalue weighted by Crippen LogP contribution is -2.34. The second-order valence-electron chi connectivity index (χ2n) is 6.00. The minimum atomic E-state index is 0.222. The molecule has 5 heteroatoms. The van der Waals surface area contributed by atoms with Crippen molar-refractivity contribution in [3.63, 3.8) is 0 Å². The van der Waals surface area contributed by atoms with Crippen LogP contribution in [-0.4, -0.2) is 23.3 Å². The van der Waals surface area contributed by atoms with Crippen LogP contribution in [0.5, 0.6) is 0 Å². The van der Waals surface area contributed by atoms with Crippen molar-refractivity contribution in [2.75, 3.05) is 18.4 Å². The van der Waals surface area contributed by atoms with E-state index in [1.807, 2.05) is 6.92 Å². The second-order valence-corrected chi connectivity index (χ2v) is 6.00. The Morgan fingerprint density at radius 1 is 1.25 bits per heavy atom. The quantitative estimate of drug-likeness (QED) is 0.886. The van der Waals surface area contributed by atoms with Crippen LogP contribution in [-0.2, 0) is 19.3 Å². The minimum Gasteiger partial charge on any atom is -0.366 e. The summed E-state index contributed by atoms with van der Waals surface area (Å²) in [7, 11) is 0. The number of hydrogen-bond acceptors (Lipinski definition) is 5. The van der Waals surface area contributed by atoms with E-state index in [-0.39, 0.29) is 6.04 Å². The molecular formula is C19H23N5. The zero-order valence-electron chi connectivity index (χ0n) is 14.3. The van der Waals surface area contributed by atoms with Crippen molar-refractivity contribution >= 4 is 5.82 Å². The van der Waals surface area contributed by atoms with E-state index in [2.05, 4.69) is 58.1 Å². The van der Waals surface area contributed by atoms with Gasteiger partial charge in [0.15, 0.2) is 5.82 Å². The molecule has 24 heavy (non-hydrogen) atoms. The Labute approximate surface area is 143 Å². The summed E-state index contributed by atoms with van der Waals surface area (Å²) in [5.74, 6) is 0.594. The molecule has 124 valence electrons. The molecule has 1 aliphatic rings. The Balaban J connectivity index is 1.82. The molecule has 1 aromatic heterocycles. The number of aryl methyl sites for hydroxylation is 1. The first-order valence-corrected chi connectivity index (χ1v) is 8.62. The highest BCUT2D eigenvalue weighted by Crippen LogP contribution is 2.24. The molecule has 2 aromatic rings. The number of aromatic nitrogens is 2. The van der Waals surface area contributed by atoms with Crippen LogP contribution in [0.4, 0.5) is 5.82 Å². The first-order valence-electron chi connectivity index (χ1n) is 8.62. The van der Waals surface area contributed by atoms with Gasteiger partial charge >= 0.3 is 0 Å². The van der Waals surface area contributed by atoms with Crippen LogP contribution in [0.1, 0.15) is 47.8 Å².